The zero-order valence-corrected chi connectivity index (χ0v) is 15.9. The smallest absolute Gasteiger partial charge is 0.198 e. The quantitative estimate of drug-likeness (QED) is 0.733. The zero-order chi connectivity index (χ0) is 18.2. The SMILES string of the molecule is CCO[C@]12CC[C@@H](O)[C@H](/C=C/[C@@H](O)C3CCCCC3)[C@H]1CC21OCCO1. The molecular formula is C21H34O5. The van der Waals surface area contributed by atoms with Gasteiger partial charge >= 0.3 is 0 Å². The van der Waals surface area contributed by atoms with Crippen LogP contribution in [0.15, 0.2) is 12.2 Å². The van der Waals surface area contributed by atoms with Crippen molar-refractivity contribution in [2.75, 3.05) is 19.8 Å². The molecule has 0 unspecified atom stereocenters. The highest BCUT2D eigenvalue weighted by molar-refractivity contribution is 5.21. The van der Waals surface area contributed by atoms with Crippen molar-refractivity contribution in [3.63, 3.8) is 0 Å². The molecule has 1 heterocycles. The molecule has 4 fully saturated rings. The van der Waals surface area contributed by atoms with Crippen LogP contribution in [0.5, 0.6) is 0 Å². The van der Waals surface area contributed by atoms with Gasteiger partial charge in [0.15, 0.2) is 5.79 Å². The standard InChI is InChI=1S/C21H34O5/c1-2-24-20-11-10-19(23)16(17(20)14-21(20)25-12-13-26-21)8-9-18(22)15-6-4-3-5-7-15/h8-9,15-19,22-23H,2-7,10-14H2,1H3/b9-8+/t16-,17-,18-,19-,20-/m1/s1. The average molecular weight is 366 g/mol. The van der Waals surface area contributed by atoms with Gasteiger partial charge in [-0.2, -0.15) is 0 Å². The summed E-state index contributed by atoms with van der Waals surface area (Å²) >= 11 is 0. The van der Waals surface area contributed by atoms with Gasteiger partial charge in [-0.25, -0.2) is 0 Å². The predicted molar refractivity (Wildman–Crippen MR) is 97.6 cm³/mol. The van der Waals surface area contributed by atoms with Gasteiger partial charge in [-0.15, -0.1) is 0 Å². The van der Waals surface area contributed by atoms with Gasteiger partial charge in [-0.3, -0.25) is 0 Å². The molecule has 1 spiro atoms. The summed E-state index contributed by atoms with van der Waals surface area (Å²) in [5.74, 6) is -0.0836. The van der Waals surface area contributed by atoms with Crippen molar-refractivity contribution in [2.24, 2.45) is 17.8 Å². The largest absolute Gasteiger partial charge is 0.393 e. The summed E-state index contributed by atoms with van der Waals surface area (Å²) in [5.41, 5.74) is -0.456. The van der Waals surface area contributed by atoms with Gasteiger partial charge in [0.1, 0.15) is 5.60 Å². The summed E-state index contributed by atoms with van der Waals surface area (Å²) in [6.07, 6.45) is 11.3. The number of ether oxygens (including phenoxy) is 3. The minimum Gasteiger partial charge on any atom is -0.393 e. The van der Waals surface area contributed by atoms with E-state index < -0.39 is 17.5 Å². The molecule has 3 aliphatic carbocycles. The molecule has 148 valence electrons. The van der Waals surface area contributed by atoms with Crippen LogP contribution in [0.3, 0.4) is 0 Å². The summed E-state index contributed by atoms with van der Waals surface area (Å²) in [4.78, 5) is 0. The van der Waals surface area contributed by atoms with Gasteiger partial charge in [0.25, 0.3) is 0 Å². The van der Waals surface area contributed by atoms with E-state index in [1.807, 2.05) is 13.0 Å². The molecule has 3 saturated carbocycles. The Bertz CT molecular complexity index is 509. The lowest BCUT2D eigenvalue weighted by Crippen LogP contribution is -2.75. The van der Waals surface area contributed by atoms with E-state index in [-0.39, 0.29) is 17.9 Å². The molecule has 0 aromatic heterocycles. The van der Waals surface area contributed by atoms with Crippen molar-refractivity contribution >= 4 is 0 Å². The maximum Gasteiger partial charge on any atom is 0.198 e. The van der Waals surface area contributed by atoms with E-state index in [1.165, 1.54) is 19.3 Å². The minimum atomic E-state index is -0.623. The second-order valence-corrected chi connectivity index (χ2v) is 8.54. The number of hydrogen-bond acceptors (Lipinski definition) is 5. The van der Waals surface area contributed by atoms with Gasteiger partial charge in [-0.1, -0.05) is 31.4 Å². The molecular weight excluding hydrogens is 332 g/mol. The fourth-order valence-electron chi connectivity index (χ4n) is 5.93. The van der Waals surface area contributed by atoms with E-state index in [9.17, 15) is 10.2 Å². The van der Waals surface area contributed by atoms with Gasteiger partial charge in [0.2, 0.25) is 0 Å². The monoisotopic (exact) mass is 366 g/mol. The predicted octanol–water partition coefficient (Wildman–Crippen LogP) is 2.79. The average Bonchev–Trinajstić information content (AvgIpc) is 3.16. The van der Waals surface area contributed by atoms with Gasteiger partial charge in [0, 0.05) is 24.9 Å². The van der Waals surface area contributed by atoms with E-state index in [0.717, 1.165) is 25.7 Å². The van der Waals surface area contributed by atoms with Crippen LogP contribution in [0.4, 0.5) is 0 Å². The first-order valence-electron chi connectivity index (χ1n) is 10.6. The summed E-state index contributed by atoms with van der Waals surface area (Å²) in [6.45, 7) is 3.85. The van der Waals surface area contributed by atoms with E-state index in [0.29, 0.717) is 32.2 Å². The fraction of sp³-hybridized carbons (Fsp3) is 0.905. The molecule has 0 bridgehead atoms. The molecule has 5 heteroatoms. The molecule has 0 aromatic carbocycles. The highest BCUT2D eigenvalue weighted by atomic mass is 16.8. The molecule has 1 saturated heterocycles. The van der Waals surface area contributed by atoms with E-state index in [2.05, 4.69) is 6.08 Å². The van der Waals surface area contributed by atoms with E-state index in [4.69, 9.17) is 14.2 Å². The van der Waals surface area contributed by atoms with Crippen molar-refractivity contribution in [1.82, 2.24) is 0 Å². The van der Waals surface area contributed by atoms with Crippen molar-refractivity contribution in [2.45, 2.75) is 81.9 Å². The number of aliphatic hydroxyl groups is 2. The molecule has 5 nitrogen and oxygen atoms in total. The molecule has 0 radical (unpaired) electrons. The van der Waals surface area contributed by atoms with Crippen LogP contribution in [0.25, 0.3) is 0 Å². The van der Waals surface area contributed by atoms with Crippen LogP contribution < -0.4 is 0 Å². The Labute approximate surface area is 156 Å². The van der Waals surface area contributed by atoms with Crippen molar-refractivity contribution in [1.29, 1.82) is 0 Å². The lowest BCUT2D eigenvalue weighted by Gasteiger charge is -2.64. The molecule has 0 amide bonds. The summed E-state index contributed by atoms with van der Waals surface area (Å²) in [7, 11) is 0. The minimum absolute atomic E-state index is 0.00744. The third-order valence-corrected chi connectivity index (χ3v) is 7.27. The first-order valence-corrected chi connectivity index (χ1v) is 10.6. The molecule has 4 rings (SSSR count). The number of hydrogen-bond donors (Lipinski definition) is 2. The van der Waals surface area contributed by atoms with Crippen molar-refractivity contribution < 1.29 is 24.4 Å². The molecule has 5 atom stereocenters. The fourth-order valence-corrected chi connectivity index (χ4v) is 5.93. The van der Waals surface area contributed by atoms with Crippen LogP contribution in [0.2, 0.25) is 0 Å². The summed E-state index contributed by atoms with van der Waals surface area (Å²) < 4.78 is 18.3. The number of aliphatic hydroxyl groups excluding tert-OH is 2. The van der Waals surface area contributed by atoms with Crippen LogP contribution in [-0.2, 0) is 14.2 Å². The maximum atomic E-state index is 10.7. The lowest BCUT2D eigenvalue weighted by molar-refractivity contribution is -0.387. The Morgan fingerprint density at radius 3 is 2.58 bits per heavy atom. The second kappa shape index (κ2) is 7.51. The summed E-state index contributed by atoms with van der Waals surface area (Å²) in [5, 5.41) is 21.2. The van der Waals surface area contributed by atoms with Crippen molar-refractivity contribution in [3.05, 3.63) is 12.2 Å². The normalized spacial score (nSPS) is 41.3. The topological polar surface area (TPSA) is 68.2 Å². The Morgan fingerprint density at radius 1 is 1.15 bits per heavy atom. The highest BCUT2D eigenvalue weighted by Gasteiger charge is 2.73. The Morgan fingerprint density at radius 2 is 1.88 bits per heavy atom. The zero-order valence-electron chi connectivity index (χ0n) is 15.9. The van der Waals surface area contributed by atoms with Crippen LogP contribution in [0, 0.1) is 17.8 Å². The first-order chi connectivity index (χ1) is 12.6. The van der Waals surface area contributed by atoms with Gasteiger partial charge in [0.05, 0.1) is 25.4 Å². The molecule has 2 N–H and O–H groups in total. The molecule has 4 aliphatic rings. The maximum absolute atomic E-state index is 10.7. The lowest BCUT2D eigenvalue weighted by atomic mass is 9.52. The Hall–Kier alpha value is -0.460. The van der Waals surface area contributed by atoms with Gasteiger partial charge < -0.3 is 24.4 Å². The van der Waals surface area contributed by atoms with E-state index >= 15 is 0 Å². The Kier molecular flexibility index (Phi) is 5.46. The van der Waals surface area contributed by atoms with Gasteiger partial charge in [-0.05, 0) is 38.5 Å². The molecule has 1 aliphatic heterocycles. The first kappa shape index (κ1) is 18.9. The molecule has 0 aromatic rings. The second-order valence-electron chi connectivity index (χ2n) is 8.54. The van der Waals surface area contributed by atoms with E-state index in [1.54, 1.807) is 0 Å². The van der Waals surface area contributed by atoms with Crippen LogP contribution >= 0.6 is 0 Å². The number of rotatable bonds is 5. The van der Waals surface area contributed by atoms with Crippen LogP contribution in [-0.4, -0.2) is 53.6 Å². The van der Waals surface area contributed by atoms with Crippen molar-refractivity contribution in [3.8, 4) is 0 Å². The summed E-state index contributed by atoms with van der Waals surface area (Å²) in [6, 6.07) is 0. The molecule has 26 heavy (non-hydrogen) atoms. The highest BCUT2D eigenvalue weighted by Crippen LogP contribution is 2.62. The van der Waals surface area contributed by atoms with Crippen LogP contribution in [0.1, 0.15) is 58.3 Å². The Balaban J connectivity index is 1.49. The third kappa shape index (κ3) is 2.96. The number of fused-ring (bicyclic) bond motifs is 2. The third-order valence-electron chi connectivity index (χ3n) is 7.27.